The molecule has 120 valence electrons. The van der Waals surface area contributed by atoms with Crippen molar-refractivity contribution in [2.24, 2.45) is 0 Å². The lowest BCUT2D eigenvalue weighted by Gasteiger charge is -2.27. The second-order valence-corrected chi connectivity index (χ2v) is 5.83. The molecule has 0 saturated carbocycles. The minimum atomic E-state index is -0.129. The van der Waals surface area contributed by atoms with E-state index < -0.39 is 0 Å². The normalized spacial score (nSPS) is 14.6. The minimum absolute atomic E-state index is 0.129. The van der Waals surface area contributed by atoms with Crippen LogP contribution in [0.2, 0.25) is 5.02 Å². The highest BCUT2D eigenvalue weighted by molar-refractivity contribution is 6.30. The van der Waals surface area contributed by atoms with Crippen molar-refractivity contribution in [2.45, 2.75) is 6.92 Å². The predicted molar refractivity (Wildman–Crippen MR) is 90.8 cm³/mol. The zero-order valence-electron chi connectivity index (χ0n) is 12.9. The van der Waals surface area contributed by atoms with Gasteiger partial charge in [0.25, 0.3) is 0 Å². The molecule has 0 unspecified atom stereocenters. The SMILES string of the molecule is Cc1ncc(NC(=O)N2CCOCC2)cc1-c1cccc(Cl)c1. The molecule has 3 rings (SSSR count). The number of anilines is 1. The van der Waals surface area contributed by atoms with E-state index in [0.29, 0.717) is 37.0 Å². The van der Waals surface area contributed by atoms with Crippen molar-refractivity contribution in [3.05, 3.63) is 47.2 Å². The van der Waals surface area contributed by atoms with Gasteiger partial charge in [0.2, 0.25) is 0 Å². The molecule has 1 aromatic carbocycles. The number of benzene rings is 1. The highest BCUT2D eigenvalue weighted by Gasteiger charge is 2.17. The Bertz CT molecular complexity index is 715. The first-order valence-corrected chi connectivity index (χ1v) is 7.87. The molecule has 1 N–H and O–H groups in total. The second-order valence-electron chi connectivity index (χ2n) is 5.40. The van der Waals surface area contributed by atoms with E-state index in [1.165, 1.54) is 0 Å². The third-order valence-corrected chi connectivity index (χ3v) is 4.01. The van der Waals surface area contributed by atoms with Crippen LogP contribution in [0.15, 0.2) is 36.5 Å². The number of carbonyl (C=O) groups is 1. The van der Waals surface area contributed by atoms with Gasteiger partial charge in [-0.3, -0.25) is 4.98 Å². The van der Waals surface area contributed by atoms with E-state index in [9.17, 15) is 4.79 Å². The predicted octanol–water partition coefficient (Wildman–Crippen LogP) is 3.57. The number of urea groups is 1. The molecular weight excluding hydrogens is 314 g/mol. The van der Waals surface area contributed by atoms with Crippen molar-refractivity contribution in [3.63, 3.8) is 0 Å². The van der Waals surface area contributed by atoms with Gasteiger partial charge in [0.15, 0.2) is 0 Å². The lowest BCUT2D eigenvalue weighted by molar-refractivity contribution is 0.0564. The molecule has 23 heavy (non-hydrogen) atoms. The molecule has 1 fully saturated rings. The molecule has 2 aromatic rings. The van der Waals surface area contributed by atoms with Gasteiger partial charge in [-0.2, -0.15) is 0 Å². The zero-order valence-corrected chi connectivity index (χ0v) is 13.6. The highest BCUT2D eigenvalue weighted by atomic mass is 35.5. The van der Waals surface area contributed by atoms with Gasteiger partial charge in [0.1, 0.15) is 0 Å². The van der Waals surface area contributed by atoms with Crippen molar-refractivity contribution in [3.8, 4) is 11.1 Å². The molecule has 2 amide bonds. The minimum Gasteiger partial charge on any atom is -0.378 e. The Kier molecular flexibility index (Phi) is 4.79. The number of hydrogen-bond donors (Lipinski definition) is 1. The third-order valence-electron chi connectivity index (χ3n) is 3.77. The summed E-state index contributed by atoms with van der Waals surface area (Å²) in [7, 11) is 0. The van der Waals surface area contributed by atoms with Crippen LogP contribution in [-0.4, -0.2) is 42.2 Å². The van der Waals surface area contributed by atoms with Crippen LogP contribution in [-0.2, 0) is 4.74 Å². The van der Waals surface area contributed by atoms with E-state index >= 15 is 0 Å². The van der Waals surface area contributed by atoms with Gasteiger partial charge in [-0.25, -0.2) is 4.79 Å². The number of carbonyl (C=O) groups excluding carboxylic acids is 1. The third kappa shape index (κ3) is 3.81. The number of aromatic nitrogens is 1. The molecule has 0 bridgehead atoms. The Morgan fingerprint density at radius 1 is 1.30 bits per heavy atom. The van der Waals surface area contributed by atoms with E-state index in [-0.39, 0.29) is 6.03 Å². The number of halogens is 1. The van der Waals surface area contributed by atoms with Gasteiger partial charge in [-0.15, -0.1) is 0 Å². The lowest BCUT2D eigenvalue weighted by atomic mass is 10.0. The van der Waals surface area contributed by atoms with Crippen LogP contribution in [0.4, 0.5) is 10.5 Å². The number of amides is 2. The number of nitrogens with zero attached hydrogens (tertiary/aromatic N) is 2. The van der Waals surface area contributed by atoms with E-state index in [4.69, 9.17) is 16.3 Å². The van der Waals surface area contributed by atoms with E-state index in [0.717, 1.165) is 16.8 Å². The molecule has 0 radical (unpaired) electrons. The number of nitrogens with one attached hydrogen (secondary N) is 1. The lowest BCUT2D eigenvalue weighted by Crippen LogP contribution is -2.43. The summed E-state index contributed by atoms with van der Waals surface area (Å²) in [5.41, 5.74) is 3.48. The number of pyridine rings is 1. The smallest absolute Gasteiger partial charge is 0.322 e. The fourth-order valence-electron chi connectivity index (χ4n) is 2.52. The molecule has 1 aliphatic rings. The first-order chi connectivity index (χ1) is 11.1. The number of morpholine rings is 1. The Hall–Kier alpha value is -2.11. The molecule has 6 heteroatoms. The summed E-state index contributed by atoms with van der Waals surface area (Å²) < 4.78 is 5.26. The van der Waals surface area contributed by atoms with Gasteiger partial charge in [-0.1, -0.05) is 23.7 Å². The summed E-state index contributed by atoms with van der Waals surface area (Å²) in [6.45, 7) is 4.29. The second kappa shape index (κ2) is 6.98. The largest absolute Gasteiger partial charge is 0.378 e. The van der Waals surface area contributed by atoms with Crippen molar-refractivity contribution < 1.29 is 9.53 Å². The fourth-order valence-corrected chi connectivity index (χ4v) is 2.71. The zero-order chi connectivity index (χ0) is 16.2. The van der Waals surface area contributed by atoms with Gasteiger partial charge in [0, 0.05) is 29.4 Å². The molecular formula is C17H18ClN3O2. The maximum Gasteiger partial charge on any atom is 0.322 e. The van der Waals surface area contributed by atoms with Crippen molar-refractivity contribution >= 4 is 23.3 Å². The summed E-state index contributed by atoms with van der Waals surface area (Å²) >= 11 is 6.06. The maximum absolute atomic E-state index is 12.3. The van der Waals surface area contributed by atoms with Crippen LogP contribution in [0.5, 0.6) is 0 Å². The first kappa shape index (κ1) is 15.8. The van der Waals surface area contributed by atoms with E-state index in [1.807, 2.05) is 37.3 Å². The Morgan fingerprint density at radius 3 is 2.83 bits per heavy atom. The van der Waals surface area contributed by atoms with Crippen LogP contribution in [0, 0.1) is 6.92 Å². The van der Waals surface area contributed by atoms with Crippen LogP contribution in [0.1, 0.15) is 5.69 Å². The summed E-state index contributed by atoms with van der Waals surface area (Å²) in [6, 6.07) is 9.39. The maximum atomic E-state index is 12.3. The quantitative estimate of drug-likeness (QED) is 0.915. The first-order valence-electron chi connectivity index (χ1n) is 7.50. The number of aryl methyl sites for hydroxylation is 1. The van der Waals surface area contributed by atoms with Crippen LogP contribution < -0.4 is 5.32 Å². The molecule has 1 saturated heterocycles. The van der Waals surface area contributed by atoms with Crippen LogP contribution in [0.3, 0.4) is 0 Å². The Balaban J connectivity index is 1.81. The van der Waals surface area contributed by atoms with Crippen molar-refractivity contribution in [1.82, 2.24) is 9.88 Å². The molecule has 0 atom stereocenters. The summed E-state index contributed by atoms with van der Waals surface area (Å²) in [5.74, 6) is 0. The standard InChI is InChI=1S/C17H18ClN3O2/c1-12-16(13-3-2-4-14(18)9-13)10-15(11-19-12)20-17(22)21-5-7-23-8-6-21/h2-4,9-11H,5-8H2,1H3,(H,20,22). The van der Waals surface area contributed by atoms with Crippen molar-refractivity contribution in [1.29, 1.82) is 0 Å². The number of rotatable bonds is 2. The Morgan fingerprint density at radius 2 is 2.09 bits per heavy atom. The fraction of sp³-hybridized carbons (Fsp3) is 0.294. The highest BCUT2D eigenvalue weighted by Crippen LogP contribution is 2.27. The average Bonchev–Trinajstić information content (AvgIpc) is 2.57. The Labute approximate surface area is 140 Å². The molecule has 0 spiro atoms. The average molecular weight is 332 g/mol. The summed E-state index contributed by atoms with van der Waals surface area (Å²) in [4.78, 5) is 18.4. The molecule has 0 aliphatic carbocycles. The number of ether oxygens (including phenoxy) is 1. The molecule has 1 aromatic heterocycles. The van der Waals surface area contributed by atoms with E-state index in [2.05, 4.69) is 10.3 Å². The molecule has 1 aliphatic heterocycles. The molecule has 2 heterocycles. The monoisotopic (exact) mass is 331 g/mol. The van der Waals surface area contributed by atoms with E-state index in [1.54, 1.807) is 11.1 Å². The van der Waals surface area contributed by atoms with Crippen LogP contribution >= 0.6 is 11.6 Å². The summed E-state index contributed by atoms with van der Waals surface area (Å²) in [6.07, 6.45) is 1.67. The topological polar surface area (TPSA) is 54.5 Å². The van der Waals surface area contributed by atoms with Crippen LogP contribution in [0.25, 0.3) is 11.1 Å². The van der Waals surface area contributed by atoms with Crippen molar-refractivity contribution in [2.75, 3.05) is 31.6 Å². The molecule has 5 nitrogen and oxygen atoms in total. The number of hydrogen-bond acceptors (Lipinski definition) is 3. The van der Waals surface area contributed by atoms with Gasteiger partial charge in [0.05, 0.1) is 25.1 Å². The summed E-state index contributed by atoms with van der Waals surface area (Å²) in [5, 5.41) is 3.57. The van der Waals surface area contributed by atoms with Gasteiger partial charge < -0.3 is 15.0 Å². The van der Waals surface area contributed by atoms with Gasteiger partial charge in [-0.05, 0) is 30.7 Å². The van der Waals surface area contributed by atoms with Gasteiger partial charge >= 0.3 is 6.03 Å².